The van der Waals surface area contributed by atoms with Crippen LogP contribution in [0.25, 0.3) is 11.5 Å². The quantitative estimate of drug-likeness (QED) is 0.646. The number of ether oxygens (including phenoxy) is 1. The van der Waals surface area contributed by atoms with E-state index in [2.05, 4.69) is 10.3 Å². The number of halogens is 2. The molecule has 1 N–H and O–H groups in total. The Balaban J connectivity index is 1.55. The van der Waals surface area contributed by atoms with Crippen molar-refractivity contribution in [2.24, 2.45) is 0 Å². The van der Waals surface area contributed by atoms with Gasteiger partial charge in [0, 0.05) is 5.56 Å². The molecule has 9 heteroatoms. The topological polar surface area (TPSA) is 84.7 Å². The number of hydrogen-bond acceptors (Lipinski definition) is 5. The number of urea groups is 1. The Bertz CT molecular complexity index is 1130. The van der Waals surface area contributed by atoms with Crippen LogP contribution in [-0.2, 0) is 16.9 Å². The van der Waals surface area contributed by atoms with Crippen molar-refractivity contribution in [2.45, 2.75) is 19.0 Å². The molecule has 3 amide bonds. The molecular weight excluding hydrogens is 396 g/mol. The summed E-state index contributed by atoms with van der Waals surface area (Å²) >= 11 is 0. The second kappa shape index (κ2) is 7.25. The van der Waals surface area contributed by atoms with E-state index >= 15 is 0 Å². The van der Waals surface area contributed by atoms with Crippen LogP contribution < -0.4 is 10.1 Å². The van der Waals surface area contributed by atoms with Crippen molar-refractivity contribution in [3.63, 3.8) is 0 Å². The third-order valence-corrected chi connectivity index (χ3v) is 4.98. The van der Waals surface area contributed by atoms with Gasteiger partial charge >= 0.3 is 6.03 Å². The van der Waals surface area contributed by atoms with Crippen molar-refractivity contribution in [1.29, 1.82) is 0 Å². The number of carbonyl (C=O) groups excluding carboxylic acids is 2. The van der Waals surface area contributed by atoms with E-state index in [0.29, 0.717) is 22.9 Å². The van der Waals surface area contributed by atoms with Gasteiger partial charge in [-0.3, -0.25) is 9.69 Å². The normalized spacial score (nSPS) is 18.6. The summed E-state index contributed by atoms with van der Waals surface area (Å²) in [7, 11) is 1.56. The number of carbonyl (C=O) groups is 2. The van der Waals surface area contributed by atoms with Crippen molar-refractivity contribution in [2.75, 3.05) is 7.11 Å². The van der Waals surface area contributed by atoms with Gasteiger partial charge in [-0.15, -0.1) is 0 Å². The smallest absolute Gasteiger partial charge is 0.325 e. The first-order chi connectivity index (χ1) is 14.3. The Labute approximate surface area is 170 Å². The fourth-order valence-electron chi connectivity index (χ4n) is 3.25. The van der Waals surface area contributed by atoms with E-state index in [9.17, 15) is 18.4 Å². The largest absolute Gasteiger partial charge is 0.497 e. The van der Waals surface area contributed by atoms with Crippen LogP contribution >= 0.6 is 0 Å². The zero-order valence-corrected chi connectivity index (χ0v) is 16.1. The van der Waals surface area contributed by atoms with E-state index in [1.807, 2.05) is 0 Å². The second-order valence-electron chi connectivity index (χ2n) is 6.95. The number of amides is 3. The monoisotopic (exact) mass is 413 g/mol. The van der Waals surface area contributed by atoms with Crippen LogP contribution in [0.3, 0.4) is 0 Å². The molecule has 1 aliphatic heterocycles. The van der Waals surface area contributed by atoms with E-state index < -0.39 is 29.1 Å². The van der Waals surface area contributed by atoms with Gasteiger partial charge in [0.25, 0.3) is 5.91 Å². The maximum Gasteiger partial charge on any atom is 0.325 e. The second-order valence-corrected chi connectivity index (χ2v) is 6.95. The summed E-state index contributed by atoms with van der Waals surface area (Å²) in [5.41, 5.74) is -0.320. The predicted molar refractivity (Wildman–Crippen MR) is 101 cm³/mol. The minimum Gasteiger partial charge on any atom is -0.497 e. The summed E-state index contributed by atoms with van der Waals surface area (Å²) in [4.78, 5) is 30.7. The third kappa shape index (κ3) is 3.28. The highest BCUT2D eigenvalue weighted by molar-refractivity contribution is 6.07. The number of methoxy groups -OCH3 is 1. The molecule has 0 aliphatic carbocycles. The molecule has 1 aliphatic rings. The van der Waals surface area contributed by atoms with Crippen LogP contribution in [0.5, 0.6) is 5.75 Å². The number of aromatic nitrogens is 1. The summed E-state index contributed by atoms with van der Waals surface area (Å²) in [5.74, 6) is -1.74. The molecule has 0 bridgehead atoms. The average molecular weight is 413 g/mol. The molecule has 7 nitrogen and oxygen atoms in total. The maximum absolute atomic E-state index is 13.6. The van der Waals surface area contributed by atoms with Crippen molar-refractivity contribution in [1.82, 2.24) is 15.2 Å². The molecule has 1 fully saturated rings. The van der Waals surface area contributed by atoms with E-state index in [1.54, 1.807) is 31.4 Å². The maximum atomic E-state index is 13.6. The van der Waals surface area contributed by atoms with Crippen LogP contribution in [0, 0.1) is 11.6 Å². The lowest BCUT2D eigenvalue weighted by Gasteiger charge is -2.22. The average Bonchev–Trinajstić information content (AvgIpc) is 3.29. The van der Waals surface area contributed by atoms with E-state index in [4.69, 9.17) is 9.15 Å². The SMILES string of the molecule is COc1ccc(-c2nc(CN3C(=O)NC(C)(c4ccc(F)c(F)c4)C3=O)co2)cc1. The van der Waals surface area contributed by atoms with Gasteiger partial charge in [0.15, 0.2) is 11.6 Å². The lowest BCUT2D eigenvalue weighted by atomic mass is 9.92. The summed E-state index contributed by atoms with van der Waals surface area (Å²) < 4.78 is 37.5. The van der Waals surface area contributed by atoms with Gasteiger partial charge in [-0.25, -0.2) is 18.6 Å². The molecule has 0 saturated carbocycles. The minimum atomic E-state index is -1.52. The number of nitrogens with zero attached hydrogens (tertiary/aromatic N) is 2. The fourth-order valence-corrected chi connectivity index (χ4v) is 3.25. The lowest BCUT2D eigenvalue weighted by molar-refractivity contribution is -0.131. The Morgan fingerprint density at radius 2 is 1.87 bits per heavy atom. The summed E-state index contributed by atoms with van der Waals surface area (Å²) in [6.45, 7) is 1.30. The Morgan fingerprint density at radius 1 is 1.13 bits per heavy atom. The highest BCUT2D eigenvalue weighted by atomic mass is 19.2. The van der Waals surface area contributed by atoms with Gasteiger partial charge in [-0.05, 0) is 48.9 Å². The molecule has 0 spiro atoms. The zero-order valence-electron chi connectivity index (χ0n) is 16.1. The molecule has 1 aromatic heterocycles. The first-order valence-corrected chi connectivity index (χ1v) is 9.00. The Morgan fingerprint density at radius 3 is 2.53 bits per heavy atom. The van der Waals surface area contributed by atoms with Gasteiger partial charge in [0.1, 0.15) is 17.6 Å². The van der Waals surface area contributed by atoms with E-state index in [-0.39, 0.29) is 12.1 Å². The third-order valence-electron chi connectivity index (χ3n) is 4.98. The highest BCUT2D eigenvalue weighted by Gasteiger charge is 2.49. The fraction of sp³-hybridized carbons (Fsp3) is 0.190. The van der Waals surface area contributed by atoms with Gasteiger partial charge in [-0.1, -0.05) is 6.07 Å². The lowest BCUT2D eigenvalue weighted by Crippen LogP contribution is -2.41. The van der Waals surface area contributed by atoms with Crippen molar-refractivity contribution in [3.05, 3.63) is 71.6 Å². The molecule has 4 rings (SSSR count). The van der Waals surface area contributed by atoms with Gasteiger partial charge < -0.3 is 14.5 Å². The highest BCUT2D eigenvalue weighted by Crippen LogP contribution is 2.31. The summed E-state index contributed by atoms with van der Waals surface area (Å²) in [6, 6.07) is 9.45. The molecule has 30 heavy (non-hydrogen) atoms. The Kier molecular flexibility index (Phi) is 4.73. The molecule has 1 atom stereocenters. The zero-order chi connectivity index (χ0) is 21.5. The number of imide groups is 1. The number of hydrogen-bond donors (Lipinski definition) is 1. The van der Waals surface area contributed by atoms with Crippen LogP contribution in [-0.4, -0.2) is 28.9 Å². The van der Waals surface area contributed by atoms with Crippen molar-refractivity contribution in [3.8, 4) is 17.2 Å². The summed E-state index contributed by atoms with van der Waals surface area (Å²) in [5, 5.41) is 2.54. The van der Waals surface area contributed by atoms with Crippen LogP contribution in [0.1, 0.15) is 18.2 Å². The standard InChI is InChI=1S/C21H17F2N3O4/c1-21(13-5-8-16(22)17(23)9-13)19(27)26(20(28)25-21)10-14-11-30-18(24-14)12-3-6-15(29-2)7-4-12/h3-9,11H,10H2,1-2H3,(H,25,28). The van der Waals surface area contributed by atoms with Crippen molar-refractivity contribution >= 4 is 11.9 Å². The van der Waals surface area contributed by atoms with Crippen LogP contribution in [0.4, 0.5) is 13.6 Å². The summed E-state index contributed by atoms with van der Waals surface area (Å²) in [6.07, 6.45) is 1.35. The van der Waals surface area contributed by atoms with Gasteiger partial charge in [0.2, 0.25) is 5.89 Å². The molecule has 1 saturated heterocycles. The molecule has 2 heterocycles. The predicted octanol–water partition coefficient (Wildman–Crippen LogP) is 3.60. The first-order valence-electron chi connectivity index (χ1n) is 9.00. The number of nitrogens with one attached hydrogen (secondary N) is 1. The molecule has 2 aromatic carbocycles. The van der Waals surface area contributed by atoms with Gasteiger partial charge in [-0.2, -0.15) is 0 Å². The molecular formula is C21H17F2N3O4. The number of rotatable bonds is 5. The first kappa shape index (κ1) is 19.6. The van der Waals surface area contributed by atoms with Crippen molar-refractivity contribution < 1.29 is 27.5 Å². The van der Waals surface area contributed by atoms with E-state index in [1.165, 1.54) is 19.3 Å². The van der Waals surface area contributed by atoms with Crippen LogP contribution in [0.15, 0.2) is 53.1 Å². The van der Waals surface area contributed by atoms with E-state index in [0.717, 1.165) is 17.0 Å². The van der Waals surface area contributed by atoms with Gasteiger partial charge in [0.05, 0.1) is 19.3 Å². The number of benzene rings is 2. The Hall–Kier alpha value is -3.75. The molecule has 0 radical (unpaired) electrons. The number of oxazole rings is 1. The van der Waals surface area contributed by atoms with Crippen LogP contribution in [0.2, 0.25) is 0 Å². The minimum absolute atomic E-state index is 0.135. The molecule has 154 valence electrons. The molecule has 1 unspecified atom stereocenters. The molecule has 3 aromatic rings.